The lowest BCUT2D eigenvalue weighted by Gasteiger charge is -2.10. The minimum Gasteiger partial charge on any atom is -0.462 e. The maximum absolute atomic E-state index is 13.1. The number of hydrogen-bond acceptors (Lipinski definition) is 5. The third-order valence-electron chi connectivity index (χ3n) is 4.65. The summed E-state index contributed by atoms with van der Waals surface area (Å²) in [4.78, 5) is 29.9. The quantitative estimate of drug-likeness (QED) is 0.571. The molecule has 0 aliphatic heterocycles. The van der Waals surface area contributed by atoms with Crippen molar-refractivity contribution in [3.05, 3.63) is 46.1 Å². The van der Waals surface area contributed by atoms with Gasteiger partial charge in [-0.05, 0) is 38.8 Å². The van der Waals surface area contributed by atoms with Crippen molar-refractivity contribution in [3.8, 4) is 0 Å². The lowest BCUT2D eigenvalue weighted by molar-refractivity contribution is 0.0531. The number of carbonyl (C=O) groups is 2. The first-order valence-corrected chi connectivity index (χ1v) is 10.3. The number of para-hydroxylation sites is 1. The zero-order chi connectivity index (χ0) is 20.3. The van der Waals surface area contributed by atoms with Crippen molar-refractivity contribution in [3.63, 3.8) is 0 Å². The van der Waals surface area contributed by atoms with Gasteiger partial charge in [0.1, 0.15) is 10.6 Å². The first kappa shape index (κ1) is 20.1. The Kier molecular flexibility index (Phi) is 6.14. The van der Waals surface area contributed by atoms with Crippen LogP contribution in [0.15, 0.2) is 24.3 Å². The molecule has 0 atom stereocenters. The number of benzene rings is 1. The standard InChI is InChI=1S/C21H25N3O3S/c1-5-7-12-24-16-11-9-8-10-15(16)13(3)17(24)19(25)23-21-22-14(4)18(28-21)20(26)27-6-2/h8-11H,5-7,12H2,1-4H3,(H,22,23,25). The van der Waals surface area contributed by atoms with E-state index < -0.39 is 5.97 Å². The summed E-state index contributed by atoms with van der Waals surface area (Å²) in [5.74, 6) is -0.625. The predicted molar refractivity (Wildman–Crippen MR) is 112 cm³/mol. The van der Waals surface area contributed by atoms with Crippen molar-refractivity contribution in [2.24, 2.45) is 0 Å². The Morgan fingerprint density at radius 1 is 1.21 bits per heavy atom. The monoisotopic (exact) mass is 399 g/mol. The fourth-order valence-electron chi connectivity index (χ4n) is 3.31. The molecule has 6 nitrogen and oxygen atoms in total. The molecule has 0 saturated carbocycles. The fraction of sp³-hybridized carbons (Fsp3) is 0.381. The van der Waals surface area contributed by atoms with Gasteiger partial charge < -0.3 is 9.30 Å². The Morgan fingerprint density at radius 3 is 2.68 bits per heavy atom. The van der Waals surface area contributed by atoms with Crippen molar-refractivity contribution in [1.82, 2.24) is 9.55 Å². The summed E-state index contributed by atoms with van der Waals surface area (Å²) < 4.78 is 7.13. The number of amides is 1. The fourth-order valence-corrected chi connectivity index (χ4v) is 4.17. The summed E-state index contributed by atoms with van der Waals surface area (Å²) in [6.07, 6.45) is 2.03. The lowest BCUT2D eigenvalue weighted by atomic mass is 10.1. The van der Waals surface area contributed by atoms with Crippen molar-refractivity contribution >= 4 is 39.2 Å². The summed E-state index contributed by atoms with van der Waals surface area (Å²) in [5, 5.41) is 4.35. The van der Waals surface area contributed by atoms with E-state index in [9.17, 15) is 9.59 Å². The van der Waals surface area contributed by atoms with Gasteiger partial charge in [-0.25, -0.2) is 9.78 Å². The number of rotatable bonds is 7. The third-order valence-corrected chi connectivity index (χ3v) is 5.71. The molecule has 28 heavy (non-hydrogen) atoms. The van der Waals surface area contributed by atoms with E-state index in [0.29, 0.717) is 28.0 Å². The molecule has 7 heteroatoms. The highest BCUT2D eigenvalue weighted by Gasteiger charge is 2.22. The molecule has 0 spiro atoms. The Hall–Kier alpha value is -2.67. The maximum atomic E-state index is 13.1. The second-order valence-corrected chi connectivity index (χ2v) is 7.60. The van der Waals surface area contributed by atoms with Crippen LogP contribution in [0.3, 0.4) is 0 Å². The zero-order valence-corrected chi connectivity index (χ0v) is 17.5. The number of anilines is 1. The maximum Gasteiger partial charge on any atom is 0.350 e. The predicted octanol–water partition coefficient (Wildman–Crippen LogP) is 4.94. The van der Waals surface area contributed by atoms with Gasteiger partial charge in [0.15, 0.2) is 5.13 Å². The largest absolute Gasteiger partial charge is 0.462 e. The van der Waals surface area contributed by atoms with Crippen LogP contribution in [0, 0.1) is 13.8 Å². The Bertz CT molecular complexity index is 1020. The van der Waals surface area contributed by atoms with Crippen LogP contribution >= 0.6 is 11.3 Å². The molecule has 148 valence electrons. The topological polar surface area (TPSA) is 73.2 Å². The average molecular weight is 400 g/mol. The van der Waals surface area contributed by atoms with Gasteiger partial charge in [-0.15, -0.1) is 0 Å². The highest BCUT2D eigenvalue weighted by atomic mass is 32.1. The van der Waals surface area contributed by atoms with Gasteiger partial charge >= 0.3 is 5.97 Å². The first-order valence-electron chi connectivity index (χ1n) is 9.51. The van der Waals surface area contributed by atoms with Gasteiger partial charge in [-0.3, -0.25) is 10.1 Å². The second kappa shape index (κ2) is 8.56. The van der Waals surface area contributed by atoms with E-state index in [1.807, 2.05) is 31.2 Å². The Labute approximate surface area is 168 Å². The first-order chi connectivity index (χ1) is 13.5. The molecule has 0 unspecified atom stereocenters. The lowest BCUT2D eigenvalue weighted by Crippen LogP contribution is -2.18. The molecule has 1 amide bonds. The minimum atomic E-state index is -0.411. The summed E-state index contributed by atoms with van der Waals surface area (Å²) in [5.41, 5.74) is 3.20. The van der Waals surface area contributed by atoms with Crippen molar-refractivity contribution in [2.45, 2.75) is 47.1 Å². The molecule has 0 fully saturated rings. The average Bonchev–Trinajstić information content (AvgIpc) is 3.18. The second-order valence-electron chi connectivity index (χ2n) is 6.60. The number of unbranched alkanes of at least 4 members (excludes halogenated alkanes) is 1. The third kappa shape index (κ3) is 3.80. The molecule has 0 radical (unpaired) electrons. The molecule has 0 aliphatic carbocycles. The van der Waals surface area contributed by atoms with E-state index >= 15 is 0 Å². The number of thiazole rings is 1. The van der Waals surface area contributed by atoms with Crippen LogP contribution in [-0.4, -0.2) is 28.0 Å². The number of aromatic nitrogens is 2. The van der Waals surface area contributed by atoms with Crippen molar-refractivity contribution < 1.29 is 14.3 Å². The van der Waals surface area contributed by atoms with E-state index in [4.69, 9.17) is 4.74 Å². The van der Waals surface area contributed by atoms with Gasteiger partial charge in [0, 0.05) is 17.4 Å². The number of nitrogens with one attached hydrogen (secondary N) is 1. The van der Waals surface area contributed by atoms with Gasteiger partial charge in [0.2, 0.25) is 0 Å². The van der Waals surface area contributed by atoms with Crippen LogP contribution in [0.4, 0.5) is 5.13 Å². The molecule has 2 heterocycles. The van der Waals surface area contributed by atoms with Crippen LogP contribution in [-0.2, 0) is 11.3 Å². The molecule has 1 N–H and O–H groups in total. The van der Waals surface area contributed by atoms with Gasteiger partial charge in [0.25, 0.3) is 5.91 Å². The number of carbonyl (C=O) groups excluding carboxylic acids is 2. The normalized spacial score (nSPS) is 11.0. The number of esters is 1. The Balaban J connectivity index is 1.95. The number of nitrogens with zero attached hydrogens (tertiary/aromatic N) is 2. The molecule has 2 aromatic heterocycles. The number of ether oxygens (including phenoxy) is 1. The molecule has 0 aliphatic rings. The summed E-state index contributed by atoms with van der Waals surface area (Å²) in [6, 6.07) is 8.05. The van der Waals surface area contributed by atoms with E-state index in [-0.39, 0.29) is 5.91 Å². The van der Waals surface area contributed by atoms with E-state index in [1.54, 1.807) is 13.8 Å². The van der Waals surface area contributed by atoms with Gasteiger partial charge in [-0.2, -0.15) is 0 Å². The van der Waals surface area contributed by atoms with Gasteiger partial charge in [-0.1, -0.05) is 42.9 Å². The molecular weight excluding hydrogens is 374 g/mol. The SMILES string of the molecule is CCCCn1c(C(=O)Nc2nc(C)c(C(=O)OCC)s2)c(C)c2ccccc21. The highest BCUT2D eigenvalue weighted by Crippen LogP contribution is 2.28. The van der Waals surface area contributed by atoms with Gasteiger partial charge in [0.05, 0.1) is 12.3 Å². The van der Waals surface area contributed by atoms with Crippen LogP contribution in [0.25, 0.3) is 10.9 Å². The molecule has 3 aromatic rings. The molecule has 3 rings (SSSR count). The van der Waals surface area contributed by atoms with E-state index in [2.05, 4.69) is 21.8 Å². The number of hydrogen-bond donors (Lipinski definition) is 1. The van der Waals surface area contributed by atoms with Crippen LogP contribution in [0.1, 0.15) is 58.1 Å². The van der Waals surface area contributed by atoms with Crippen molar-refractivity contribution in [2.75, 3.05) is 11.9 Å². The number of fused-ring (bicyclic) bond motifs is 1. The molecule has 1 aromatic carbocycles. The molecule has 0 bridgehead atoms. The van der Waals surface area contributed by atoms with Crippen LogP contribution < -0.4 is 5.32 Å². The smallest absolute Gasteiger partial charge is 0.350 e. The minimum absolute atomic E-state index is 0.214. The zero-order valence-electron chi connectivity index (χ0n) is 16.7. The summed E-state index contributed by atoms with van der Waals surface area (Å²) in [7, 11) is 0. The van der Waals surface area contributed by atoms with Crippen molar-refractivity contribution in [1.29, 1.82) is 0 Å². The van der Waals surface area contributed by atoms with Crippen LogP contribution in [0.5, 0.6) is 0 Å². The van der Waals surface area contributed by atoms with Crippen LogP contribution in [0.2, 0.25) is 0 Å². The Morgan fingerprint density at radius 2 is 1.96 bits per heavy atom. The number of aryl methyl sites for hydroxylation is 3. The van der Waals surface area contributed by atoms with E-state index in [1.165, 1.54) is 0 Å². The summed E-state index contributed by atoms with van der Waals surface area (Å²) in [6.45, 7) is 8.67. The van der Waals surface area contributed by atoms with E-state index in [0.717, 1.165) is 47.2 Å². The molecular formula is C21H25N3O3S. The molecule has 0 saturated heterocycles. The summed E-state index contributed by atoms with van der Waals surface area (Å²) >= 11 is 1.14. The highest BCUT2D eigenvalue weighted by molar-refractivity contribution is 7.17.